The molecule has 3 rings (SSSR count). The summed E-state index contributed by atoms with van der Waals surface area (Å²) in [4.78, 5) is 29.5. The Morgan fingerprint density at radius 3 is 2.61 bits per heavy atom. The Hall–Kier alpha value is -1.95. The summed E-state index contributed by atoms with van der Waals surface area (Å²) >= 11 is 0. The molecule has 23 heavy (non-hydrogen) atoms. The number of pyridine rings is 1. The number of hydrogen-bond acceptors (Lipinski definition) is 4. The van der Waals surface area contributed by atoms with Gasteiger partial charge in [-0.2, -0.15) is 0 Å². The van der Waals surface area contributed by atoms with Crippen molar-refractivity contribution < 1.29 is 14.3 Å². The molecule has 2 amide bonds. The Morgan fingerprint density at radius 1 is 1.35 bits per heavy atom. The molecule has 1 aliphatic heterocycles. The lowest BCUT2D eigenvalue weighted by atomic mass is 9.60. The van der Waals surface area contributed by atoms with Crippen molar-refractivity contribution in [2.45, 2.75) is 38.7 Å². The Labute approximate surface area is 136 Å². The number of carbonyl (C=O) groups is 2. The third-order valence-corrected chi connectivity index (χ3v) is 5.19. The fourth-order valence-corrected chi connectivity index (χ4v) is 3.60. The standard InChI is InChI=1S/C17H23N3O3/c1-12-2-3-13(19-10-12)16(22)20-8-6-17(7-9-20)5-4-14(17)23-11-15(18)21/h2-3,10,14H,4-9,11H2,1H3,(H2,18,21). The molecule has 6 nitrogen and oxygen atoms in total. The molecule has 1 aliphatic carbocycles. The van der Waals surface area contributed by atoms with Gasteiger partial charge in [-0.05, 0) is 44.2 Å². The molecule has 1 spiro atoms. The maximum absolute atomic E-state index is 12.5. The highest BCUT2D eigenvalue weighted by Gasteiger charge is 2.49. The number of nitrogens with two attached hydrogens (primary N) is 1. The molecule has 0 bridgehead atoms. The largest absolute Gasteiger partial charge is 0.368 e. The van der Waals surface area contributed by atoms with Crippen LogP contribution in [-0.4, -0.2) is 47.5 Å². The third kappa shape index (κ3) is 3.22. The number of likely N-dealkylation sites (tertiary alicyclic amines) is 1. The number of primary amides is 1. The van der Waals surface area contributed by atoms with Crippen LogP contribution in [-0.2, 0) is 9.53 Å². The first-order valence-corrected chi connectivity index (χ1v) is 8.12. The van der Waals surface area contributed by atoms with Gasteiger partial charge in [0.1, 0.15) is 12.3 Å². The summed E-state index contributed by atoms with van der Waals surface area (Å²) in [6, 6.07) is 3.69. The zero-order valence-electron chi connectivity index (χ0n) is 13.5. The van der Waals surface area contributed by atoms with Gasteiger partial charge in [-0.3, -0.25) is 14.6 Å². The van der Waals surface area contributed by atoms with Crippen molar-refractivity contribution in [3.05, 3.63) is 29.6 Å². The molecule has 124 valence electrons. The van der Waals surface area contributed by atoms with Crippen LogP contribution in [0.25, 0.3) is 0 Å². The first-order valence-electron chi connectivity index (χ1n) is 8.12. The molecule has 2 fully saturated rings. The molecule has 0 aromatic carbocycles. The van der Waals surface area contributed by atoms with Gasteiger partial charge in [0.2, 0.25) is 5.91 Å². The van der Waals surface area contributed by atoms with Gasteiger partial charge < -0.3 is 15.4 Å². The molecule has 1 aromatic rings. The Kier molecular flexibility index (Phi) is 4.35. The minimum absolute atomic E-state index is 0.00576. The molecule has 2 heterocycles. The van der Waals surface area contributed by atoms with Gasteiger partial charge >= 0.3 is 0 Å². The molecule has 1 saturated carbocycles. The van der Waals surface area contributed by atoms with Crippen LogP contribution in [0.4, 0.5) is 0 Å². The lowest BCUT2D eigenvalue weighted by Gasteiger charge is -2.53. The summed E-state index contributed by atoms with van der Waals surface area (Å²) in [5.41, 5.74) is 6.81. The molecular weight excluding hydrogens is 294 g/mol. The van der Waals surface area contributed by atoms with E-state index in [-0.39, 0.29) is 24.0 Å². The van der Waals surface area contributed by atoms with Crippen LogP contribution in [0.2, 0.25) is 0 Å². The molecule has 1 atom stereocenters. The number of amides is 2. The van der Waals surface area contributed by atoms with E-state index in [1.807, 2.05) is 17.9 Å². The normalized spacial score (nSPS) is 22.7. The number of hydrogen-bond donors (Lipinski definition) is 1. The molecule has 0 radical (unpaired) electrons. The summed E-state index contributed by atoms with van der Waals surface area (Å²) in [6.07, 6.45) is 5.72. The van der Waals surface area contributed by atoms with E-state index in [0.29, 0.717) is 18.8 Å². The van der Waals surface area contributed by atoms with Crippen LogP contribution in [0.3, 0.4) is 0 Å². The predicted octanol–water partition coefficient (Wildman–Crippen LogP) is 1.28. The second kappa shape index (κ2) is 6.28. The van der Waals surface area contributed by atoms with Gasteiger partial charge in [-0.25, -0.2) is 0 Å². The third-order valence-electron chi connectivity index (χ3n) is 5.19. The van der Waals surface area contributed by atoms with E-state index in [9.17, 15) is 9.59 Å². The second-order valence-corrected chi connectivity index (χ2v) is 6.68. The highest BCUT2D eigenvalue weighted by molar-refractivity contribution is 5.92. The maximum Gasteiger partial charge on any atom is 0.272 e. The summed E-state index contributed by atoms with van der Waals surface area (Å²) in [5.74, 6) is -0.432. The van der Waals surface area contributed by atoms with Crippen LogP contribution < -0.4 is 5.73 Å². The van der Waals surface area contributed by atoms with E-state index < -0.39 is 5.91 Å². The first-order chi connectivity index (χ1) is 11.0. The number of piperidine rings is 1. The van der Waals surface area contributed by atoms with E-state index in [1.165, 1.54) is 0 Å². The summed E-state index contributed by atoms with van der Waals surface area (Å²) in [6.45, 7) is 3.37. The number of aryl methyl sites for hydroxylation is 1. The van der Waals surface area contributed by atoms with Crippen molar-refractivity contribution in [1.82, 2.24) is 9.88 Å². The van der Waals surface area contributed by atoms with Crippen molar-refractivity contribution in [1.29, 1.82) is 0 Å². The smallest absolute Gasteiger partial charge is 0.272 e. The minimum Gasteiger partial charge on any atom is -0.368 e. The fourth-order valence-electron chi connectivity index (χ4n) is 3.60. The van der Waals surface area contributed by atoms with Gasteiger partial charge in [0.05, 0.1) is 6.10 Å². The quantitative estimate of drug-likeness (QED) is 0.906. The van der Waals surface area contributed by atoms with Crippen molar-refractivity contribution in [2.75, 3.05) is 19.7 Å². The number of nitrogens with zero attached hydrogens (tertiary/aromatic N) is 2. The molecule has 2 N–H and O–H groups in total. The molecule has 2 aliphatic rings. The topological polar surface area (TPSA) is 85.5 Å². The van der Waals surface area contributed by atoms with Gasteiger partial charge in [0.25, 0.3) is 5.91 Å². The van der Waals surface area contributed by atoms with Gasteiger partial charge in [-0.15, -0.1) is 0 Å². The van der Waals surface area contributed by atoms with E-state index in [2.05, 4.69) is 4.98 Å². The molecule has 1 aromatic heterocycles. The van der Waals surface area contributed by atoms with Crippen LogP contribution >= 0.6 is 0 Å². The van der Waals surface area contributed by atoms with Gasteiger partial charge in [0.15, 0.2) is 0 Å². The lowest BCUT2D eigenvalue weighted by Crippen LogP contribution is -2.54. The Balaban J connectivity index is 1.57. The predicted molar refractivity (Wildman–Crippen MR) is 84.7 cm³/mol. The number of carbonyl (C=O) groups excluding carboxylic acids is 2. The number of ether oxygens (including phenoxy) is 1. The average molecular weight is 317 g/mol. The summed E-state index contributed by atoms with van der Waals surface area (Å²) in [7, 11) is 0. The van der Waals surface area contributed by atoms with Crippen molar-refractivity contribution in [3.8, 4) is 0 Å². The van der Waals surface area contributed by atoms with Crippen LogP contribution in [0.15, 0.2) is 18.3 Å². The second-order valence-electron chi connectivity index (χ2n) is 6.68. The Bertz CT molecular complexity index is 592. The van der Waals surface area contributed by atoms with E-state index in [0.717, 1.165) is 31.2 Å². The van der Waals surface area contributed by atoms with Gasteiger partial charge in [0, 0.05) is 24.7 Å². The fraction of sp³-hybridized carbons (Fsp3) is 0.588. The van der Waals surface area contributed by atoms with Crippen LogP contribution in [0.1, 0.15) is 41.7 Å². The van der Waals surface area contributed by atoms with Crippen LogP contribution in [0.5, 0.6) is 0 Å². The zero-order chi connectivity index (χ0) is 16.4. The lowest BCUT2D eigenvalue weighted by molar-refractivity contribution is -0.149. The zero-order valence-corrected chi connectivity index (χ0v) is 13.5. The monoisotopic (exact) mass is 317 g/mol. The van der Waals surface area contributed by atoms with Crippen molar-refractivity contribution in [3.63, 3.8) is 0 Å². The Morgan fingerprint density at radius 2 is 2.09 bits per heavy atom. The van der Waals surface area contributed by atoms with Crippen molar-refractivity contribution >= 4 is 11.8 Å². The molecule has 1 unspecified atom stereocenters. The first kappa shape index (κ1) is 15.9. The summed E-state index contributed by atoms with van der Waals surface area (Å²) < 4.78 is 5.64. The summed E-state index contributed by atoms with van der Waals surface area (Å²) in [5, 5.41) is 0. The minimum atomic E-state index is -0.426. The molecule has 6 heteroatoms. The van der Waals surface area contributed by atoms with E-state index in [1.54, 1.807) is 12.3 Å². The van der Waals surface area contributed by atoms with Crippen LogP contribution in [0, 0.1) is 12.3 Å². The molecular formula is C17H23N3O3. The highest BCUT2D eigenvalue weighted by atomic mass is 16.5. The average Bonchev–Trinajstić information content (AvgIpc) is 2.54. The van der Waals surface area contributed by atoms with E-state index >= 15 is 0 Å². The van der Waals surface area contributed by atoms with Crippen molar-refractivity contribution in [2.24, 2.45) is 11.1 Å². The molecule has 1 saturated heterocycles. The number of rotatable bonds is 4. The van der Waals surface area contributed by atoms with E-state index in [4.69, 9.17) is 10.5 Å². The SMILES string of the molecule is Cc1ccc(C(=O)N2CCC3(CCC3OCC(N)=O)CC2)nc1. The maximum atomic E-state index is 12.5. The highest BCUT2D eigenvalue weighted by Crippen LogP contribution is 2.50. The number of aromatic nitrogens is 1. The van der Waals surface area contributed by atoms with Gasteiger partial charge in [-0.1, -0.05) is 6.07 Å².